The molecule has 0 unspecified atom stereocenters. The highest BCUT2D eigenvalue weighted by Gasteiger charge is 2.19. The van der Waals surface area contributed by atoms with Gasteiger partial charge < -0.3 is 14.3 Å². The normalized spacial score (nSPS) is 14.1. The molecule has 0 N–H and O–H groups in total. The molecule has 1 aliphatic heterocycles. The summed E-state index contributed by atoms with van der Waals surface area (Å²) in [7, 11) is 0. The highest BCUT2D eigenvalue weighted by atomic mass is 79.9. The minimum absolute atomic E-state index is 0.533. The smallest absolute Gasteiger partial charge is 0.164 e. The highest BCUT2D eigenvalue weighted by Crippen LogP contribution is 2.40. The Morgan fingerprint density at radius 2 is 2.11 bits per heavy atom. The fourth-order valence-electron chi connectivity index (χ4n) is 2.23. The van der Waals surface area contributed by atoms with E-state index in [2.05, 4.69) is 22.9 Å². The van der Waals surface area contributed by atoms with Crippen LogP contribution < -0.4 is 9.47 Å². The van der Waals surface area contributed by atoms with Gasteiger partial charge in [0.1, 0.15) is 6.29 Å². The summed E-state index contributed by atoms with van der Waals surface area (Å²) in [4.78, 5) is 10.6. The average molecular weight is 313 g/mol. The number of hydrogen-bond donors (Lipinski definition) is 0. The summed E-state index contributed by atoms with van der Waals surface area (Å²) in [5, 5.41) is 0. The lowest BCUT2D eigenvalue weighted by molar-refractivity contribution is -0.107. The van der Waals surface area contributed by atoms with Gasteiger partial charge in [0.25, 0.3) is 0 Å². The van der Waals surface area contributed by atoms with E-state index in [1.54, 1.807) is 0 Å². The van der Waals surface area contributed by atoms with Crippen molar-refractivity contribution in [3.8, 4) is 11.5 Å². The van der Waals surface area contributed by atoms with Crippen molar-refractivity contribution in [2.75, 3.05) is 13.2 Å². The van der Waals surface area contributed by atoms with E-state index in [4.69, 9.17) is 9.47 Å². The van der Waals surface area contributed by atoms with Gasteiger partial charge in [-0.15, -0.1) is 0 Å². The Labute approximate surface area is 116 Å². The fourth-order valence-corrected chi connectivity index (χ4v) is 2.87. The molecule has 0 saturated carbocycles. The molecule has 4 heteroatoms. The van der Waals surface area contributed by atoms with Gasteiger partial charge in [-0.2, -0.15) is 0 Å². The third-order valence-electron chi connectivity index (χ3n) is 3.07. The maximum atomic E-state index is 10.6. The Morgan fingerprint density at radius 3 is 2.83 bits per heavy atom. The van der Waals surface area contributed by atoms with Crippen molar-refractivity contribution < 1.29 is 14.3 Å². The molecule has 0 radical (unpaired) electrons. The Morgan fingerprint density at radius 1 is 1.33 bits per heavy atom. The molecule has 0 amide bonds. The van der Waals surface area contributed by atoms with E-state index in [0.29, 0.717) is 19.6 Å². The quantitative estimate of drug-likeness (QED) is 0.800. The highest BCUT2D eigenvalue weighted by molar-refractivity contribution is 9.10. The second-order valence-electron chi connectivity index (χ2n) is 4.25. The number of aldehydes is 1. The molecule has 0 saturated heterocycles. The van der Waals surface area contributed by atoms with Crippen molar-refractivity contribution in [1.29, 1.82) is 0 Å². The van der Waals surface area contributed by atoms with E-state index >= 15 is 0 Å². The summed E-state index contributed by atoms with van der Waals surface area (Å²) in [6.45, 7) is 3.48. The lowest BCUT2D eigenvalue weighted by Gasteiger charge is -2.17. The molecule has 2 rings (SSSR count). The molecule has 0 aliphatic carbocycles. The largest absolute Gasteiger partial charge is 0.490 e. The van der Waals surface area contributed by atoms with Crippen LogP contribution in [0.3, 0.4) is 0 Å². The van der Waals surface area contributed by atoms with Gasteiger partial charge in [0.05, 0.1) is 13.2 Å². The number of rotatable bonds is 4. The van der Waals surface area contributed by atoms with Gasteiger partial charge in [0.2, 0.25) is 0 Å². The predicted molar refractivity (Wildman–Crippen MR) is 73.5 cm³/mol. The first-order valence-corrected chi connectivity index (χ1v) is 7.10. The van der Waals surface area contributed by atoms with Gasteiger partial charge in [-0.1, -0.05) is 22.9 Å². The zero-order valence-electron chi connectivity index (χ0n) is 10.5. The molecular weight excluding hydrogens is 296 g/mol. The molecule has 1 aromatic rings. The van der Waals surface area contributed by atoms with Gasteiger partial charge in [-0.25, -0.2) is 0 Å². The van der Waals surface area contributed by atoms with Crippen LogP contribution in [0.2, 0.25) is 0 Å². The van der Waals surface area contributed by atoms with Crippen LogP contribution in [0.1, 0.15) is 30.9 Å². The lowest BCUT2D eigenvalue weighted by Crippen LogP contribution is -2.02. The maximum Gasteiger partial charge on any atom is 0.164 e. The first-order valence-electron chi connectivity index (χ1n) is 6.31. The third kappa shape index (κ3) is 2.69. The standard InChI is InChI=1S/C14H17BrO3/c1-2-10-11(5-3-6-16)12(15)9-13-14(10)18-8-4-7-17-13/h6,9H,2-5,7-8H2,1H3. The van der Waals surface area contributed by atoms with Crippen LogP contribution in [-0.4, -0.2) is 19.5 Å². The van der Waals surface area contributed by atoms with Crippen LogP contribution in [-0.2, 0) is 17.6 Å². The third-order valence-corrected chi connectivity index (χ3v) is 3.77. The summed E-state index contributed by atoms with van der Waals surface area (Å²) >= 11 is 3.57. The minimum Gasteiger partial charge on any atom is -0.490 e. The molecule has 0 atom stereocenters. The van der Waals surface area contributed by atoms with E-state index in [9.17, 15) is 4.79 Å². The second-order valence-corrected chi connectivity index (χ2v) is 5.11. The first kappa shape index (κ1) is 13.4. The van der Waals surface area contributed by atoms with Crippen molar-refractivity contribution in [2.45, 2.75) is 32.6 Å². The Balaban J connectivity index is 2.46. The van der Waals surface area contributed by atoms with Crippen LogP contribution in [0.5, 0.6) is 11.5 Å². The first-order chi connectivity index (χ1) is 8.77. The summed E-state index contributed by atoms with van der Waals surface area (Å²) in [5.41, 5.74) is 2.32. The van der Waals surface area contributed by atoms with E-state index in [1.807, 2.05) is 6.07 Å². The van der Waals surface area contributed by atoms with Gasteiger partial charge in [0.15, 0.2) is 11.5 Å². The summed E-state index contributed by atoms with van der Waals surface area (Å²) in [6, 6.07) is 1.96. The number of halogens is 1. The minimum atomic E-state index is 0.533. The second kappa shape index (κ2) is 6.23. The van der Waals surface area contributed by atoms with E-state index in [1.165, 1.54) is 0 Å². The molecular formula is C14H17BrO3. The molecule has 3 nitrogen and oxygen atoms in total. The fraction of sp³-hybridized carbons (Fsp3) is 0.500. The monoisotopic (exact) mass is 312 g/mol. The van der Waals surface area contributed by atoms with Crippen LogP contribution in [0.4, 0.5) is 0 Å². The molecule has 98 valence electrons. The number of benzene rings is 1. The van der Waals surface area contributed by atoms with Gasteiger partial charge in [-0.3, -0.25) is 0 Å². The van der Waals surface area contributed by atoms with Gasteiger partial charge >= 0.3 is 0 Å². The number of hydrogen-bond acceptors (Lipinski definition) is 3. The summed E-state index contributed by atoms with van der Waals surface area (Å²) in [6.07, 6.45) is 4.00. The average Bonchev–Trinajstić information content (AvgIpc) is 2.60. The van der Waals surface area contributed by atoms with Gasteiger partial charge in [-0.05, 0) is 24.5 Å². The zero-order chi connectivity index (χ0) is 13.0. The van der Waals surface area contributed by atoms with Crippen molar-refractivity contribution in [2.24, 2.45) is 0 Å². The van der Waals surface area contributed by atoms with E-state index < -0.39 is 0 Å². The number of fused-ring (bicyclic) bond motifs is 1. The number of carbonyl (C=O) groups is 1. The summed E-state index contributed by atoms with van der Waals surface area (Å²) in [5.74, 6) is 1.67. The molecule has 0 bridgehead atoms. The van der Waals surface area contributed by atoms with Crippen LogP contribution in [0.15, 0.2) is 10.5 Å². The van der Waals surface area contributed by atoms with Gasteiger partial charge in [0, 0.05) is 22.9 Å². The van der Waals surface area contributed by atoms with Crippen molar-refractivity contribution in [3.05, 3.63) is 21.7 Å². The number of carbonyl (C=O) groups excluding carboxylic acids is 1. The Bertz CT molecular complexity index is 443. The van der Waals surface area contributed by atoms with Crippen LogP contribution in [0.25, 0.3) is 0 Å². The van der Waals surface area contributed by atoms with Crippen molar-refractivity contribution in [1.82, 2.24) is 0 Å². The van der Waals surface area contributed by atoms with Crippen molar-refractivity contribution >= 4 is 22.2 Å². The number of ether oxygens (including phenoxy) is 2. The molecule has 1 aromatic carbocycles. The maximum absolute atomic E-state index is 10.6. The van der Waals surface area contributed by atoms with Crippen molar-refractivity contribution in [3.63, 3.8) is 0 Å². The van der Waals surface area contributed by atoms with Crippen LogP contribution in [0, 0.1) is 0 Å². The topological polar surface area (TPSA) is 35.5 Å². The Kier molecular flexibility index (Phi) is 4.64. The molecule has 18 heavy (non-hydrogen) atoms. The molecule has 0 spiro atoms. The molecule has 1 aliphatic rings. The molecule has 0 fully saturated rings. The molecule has 1 heterocycles. The summed E-state index contributed by atoms with van der Waals surface area (Å²) < 4.78 is 12.5. The molecule has 0 aromatic heterocycles. The Hall–Kier alpha value is -1.03. The predicted octanol–water partition coefficient (Wildman–Crippen LogP) is 3.30. The zero-order valence-corrected chi connectivity index (χ0v) is 12.1. The lowest BCUT2D eigenvalue weighted by atomic mass is 9.99. The van der Waals surface area contributed by atoms with E-state index in [-0.39, 0.29) is 0 Å². The van der Waals surface area contributed by atoms with E-state index in [0.717, 1.165) is 52.6 Å². The SMILES string of the molecule is CCc1c(CCC=O)c(Br)cc2c1OCCCO2. The van der Waals surface area contributed by atoms with Crippen LogP contribution >= 0.6 is 15.9 Å².